The van der Waals surface area contributed by atoms with Gasteiger partial charge in [-0.25, -0.2) is 0 Å². The number of halogens is 2. The molecule has 0 amide bonds. The minimum atomic E-state index is 0.0795. The molecule has 0 saturated heterocycles. The molecule has 0 aromatic heterocycles. The molecule has 0 spiro atoms. The van der Waals surface area contributed by atoms with Gasteiger partial charge in [-0.15, -0.1) is 0 Å². The van der Waals surface area contributed by atoms with Gasteiger partial charge in [-0.3, -0.25) is 0 Å². The van der Waals surface area contributed by atoms with Gasteiger partial charge in [-0.2, -0.15) is 0 Å². The van der Waals surface area contributed by atoms with Gasteiger partial charge in [-0.1, -0.05) is 48.2 Å². The number of hydrogen-bond donors (Lipinski definition) is 2. The van der Waals surface area contributed by atoms with Crippen LogP contribution in [0.1, 0.15) is 37.7 Å². The number of thiocarbonyl (C=S) groups is 1. The second-order valence-electron chi connectivity index (χ2n) is 6.70. The van der Waals surface area contributed by atoms with Gasteiger partial charge in [0.05, 0.1) is 0 Å². The Bertz CT molecular complexity index is 707. The van der Waals surface area contributed by atoms with Crippen molar-refractivity contribution in [2.45, 2.75) is 44.1 Å². The van der Waals surface area contributed by atoms with Crippen molar-refractivity contribution in [2.75, 3.05) is 5.32 Å². The first-order valence-corrected chi connectivity index (χ1v) is 9.80. The monoisotopic (exact) mass is 392 g/mol. The standard InChI is InChI=1S/C20H22Cl2N2S/c21-16-5-3-15(4-6-16)11-14-20(12-1-2-13-20)24-19(25)23-18-9-7-17(22)8-10-18/h3-10H,1-2,11-14H2,(H2,23,24,25). The Balaban J connectivity index is 1.60. The van der Waals surface area contributed by atoms with Crippen molar-refractivity contribution in [3.8, 4) is 0 Å². The summed E-state index contributed by atoms with van der Waals surface area (Å²) in [5, 5.41) is 9.05. The van der Waals surface area contributed by atoms with Crippen LogP contribution in [0.4, 0.5) is 5.69 Å². The minimum absolute atomic E-state index is 0.0795. The minimum Gasteiger partial charge on any atom is -0.357 e. The van der Waals surface area contributed by atoms with E-state index in [0.717, 1.165) is 41.4 Å². The summed E-state index contributed by atoms with van der Waals surface area (Å²) >= 11 is 17.5. The molecule has 1 fully saturated rings. The van der Waals surface area contributed by atoms with Crippen LogP contribution in [0.3, 0.4) is 0 Å². The molecule has 1 aliphatic rings. The molecule has 0 aliphatic heterocycles. The predicted octanol–water partition coefficient (Wildman–Crippen LogP) is 6.23. The third-order valence-corrected chi connectivity index (χ3v) is 5.56. The van der Waals surface area contributed by atoms with Gasteiger partial charge in [0.1, 0.15) is 0 Å². The molecule has 0 atom stereocenters. The third kappa shape index (κ3) is 5.34. The number of benzene rings is 2. The highest BCUT2D eigenvalue weighted by atomic mass is 35.5. The molecule has 5 heteroatoms. The molecule has 2 N–H and O–H groups in total. The van der Waals surface area contributed by atoms with Crippen molar-refractivity contribution in [2.24, 2.45) is 0 Å². The Morgan fingerprint density at radius 1 is 0.920 bits per heavy atom. The van der Waals surface area contributed by atoms with Crippen LogP contribution >= 0.6 is 35.4 Å². The van der Waals surface area contributed by atoms with E-state index in [9.17, 15) is 0 Å². The summed E-state index contributed by atoms with van der Waals surface area (Å²) in [6.07, 6.45) is 6.89. The van der Waals surface area contributed by atoms with E-state index in [-0.39, 0.29) is 5.54 Å². The lowest BCUT2D eigenvalue weighted by Crippen LogP contribution is -2.48. The zero-order valence-corrected chi connectivity index (χ0v) is 16.4. The zero-order valence-electron chi connectivity index (χ0n) is 14.0. The quantitative estimate of drug-likeness (QED) is 0.589. The van der Waals surface area contributed by atoms with Crippen LogP contribution in [0.2, 0.25) is 10.0 Å². The van der Waals surface area contributed by atoms with Crippen LogP contribution in [-0.4, -0.2) is 10.7 Å². The molecule has 132 valence electrons. The Morgan fingerprint density at radius 2 is 1.48 bits per heavy atom. The predicted molar refractivity (Wildman–Crippen MR) is 112 cm³/mol. The number of nitrogens with one attached hydrogen (secondary N) is 2. The van der Waals surface area contributed by atoms with Gasteiger partial charge >= 0.3 is 0 Å². The molecular weight excluding hydrogens is 371 g/mol. The maximum Gasteiger partial charge on any atom is 0.171 e. The lowest BCUT2D eigenvalue weighted by atomic mass is 9.89. The Labute approximate surface area is 164 Å². The normalized spacial score (nSPS) is 15.8. The Morgan fingerprint density at radius 3 is 2.08 bits per heavy atom. The molecule has 25 heavy (non-hydrogen) atoms. The summed E-state index contributed by atoms with van der Waals surface area (Å²) < 4.78 is 0. The summed E-state index contributed by atoms with van der Waals surface area (Å²) in [7, 11) is 0. The van der Waals surface area contributed by atoms with Crippen LogP contribution < -0.4 is 10.6 Å². The highest BCUT2D eigenvalue weighted by Gasteiger charge is 2.33. The van der Waals surface area contributed by atoms with Gasteiger partial charge in [0, 0.05) is 21.3 Å². The summed E-state index contributed by atoms with van der Waals surface area (Å²) in [5.41, 5.74) is 2.35. The van der Waals surface area contributed by atoms with E-state index in [4.69, 9.17) is 35.4 Å². The van der Waals surface area contributed by atoms with Crippen LogP contribution in [0.15, 0.2) is 48.5 Å². The second-order valence-corrected chi connectivity index (χ2v) is 7.98. The molecule has 3 rings (SSSR count). The molecule has 2 nitrogen and oxygen atoms in total. The van der Waals surface area contributed by atoms with Gasteiger partial charge in [0.2, 0.25) is 0 Å². The average Bonchev–Trinajstić information content (AvgIpc) is 3.05. The zero-order chi connectivity index (χ0) is 17.7. The maximum atomic E-state index is 5.98. The molecular formula is C20H22Cl2N2S. The van der Waals surface area contributed by atoms with Crippen LogP contribution in [0.5, 0.6) is 0 Å². The second kappa shape index (κ2) is 8.39. The highest BCUT2D eigenvalue weighted by molar-refractivity contribution is 7.80. The topological polar surface area (TPSA) is 24.1 Å². The first-order valence-electron chi connectivity index (χ1n) is 8.64. The average molecular weight is 393 g/mol. The first-order chi connectivity index (χ1) is 12.0. The van der Waals surface area contributed by atoms with Crippen LogP contribution in [-0.2, 0) is 6.42 Å². The summed E-state index contributed by atoms with van der Waals surface area (Å²) in [4.78, 5) is 0. The van der Waals surface area contributed by atoms with Gasteiger partial charge in [-0.05, 0) is 79.9 Å². The molecule has 1 aliphatic carbocycles. The fraction of sp³-hybridized carbons (Fsp3) is 0.350. The molecule has 0 radical (unpaired) electrons. The van der Waals surface area contributed by atoms with Crippen LogP contribution in [0, 0.1) is 0 Å². The fourth-order valence-electron chi connectivity index (χ4n) is 3.46. The lowest BCUT2D eigenvalue weighted by Gasteiger charge is -2.32. The van der Waals surface area contributed by atoms with E-state index >= 15 is 0 Å². The van der Waals surface area contributed by atoms with E-state index in [1.54, 1.807) is 0 Å². The van der Waals surface area contributed by atoms with Crippen molar-refractivity contribution in [1.29, 1.82) is 0 Å². The third-order valence-electron chi connectivity index (χ3n) is 4.85. The first kappa shape index (κ1) is 18.5. The summed E-state index contributed by atoms with van der Waals surface area (Å²) in [6, 6.07) is 15.7. The van der Waals surface area contributed by atoms with Gasteiger partial charge in [0.25, 0.3) is 0 Å². The highest BCUT2D eigenvalue weighted by Crippen LogP contribution is 2.34. The number of rotatable bonds is 5. The SMILES string of the molecule is S=C(Nc1ccc(Cl)cc1)NC1(CCc2ccc(Cl)cc2)CCCC1. The summed E-state index contributed by atoms with van der Waals surface area (Å²) in [6.45, 7) is 0. The molecule has 0 bridgehead atoms. The fourth-order valence-corrected chi connectivity index (χ4v) is 4.05. The molecule has 2 aromatic carbocycles. The van der Waals surface area contributed by atoms with Crippen molar-refractivity contribution in [3.63, 3.8) is 0 Å². The number of anilines is 1. The lowest BCUT2D eigenvalue weighted by molar-refractivity contribution is 0.362. The van der Waals surface area contributed by atoms with E-state index < -0.39 is 0 Å². The van der Waals surface area contributed by atoms with Crippen molar-refractivity contribution >= 4 is 46.2 Å². The molecule has 0 unspecified atom stereocenters. The van der Waals surface area contributed by atoms with Crippen molar-refractivity contribution in [1.82, 2.24) is 5.32 Å². The van der Waals surface area contributed by atoms with E-state index in [1.807, 2.05) is 36.4 Å². The molecule has 1 saturated carbocycles. The largest absolute Gasteiger partial charge is 0.357 e. The van der Waals surface area contributed by atoms with Crippen LogP contribution in [0.25, 0.3) is 0 Å². The van der Waals surface area contributed by atoms with Crippen molar-refractivity contribution < 1.29 is 0 Å². The molecule has 2 aromatic rings. The van der Waals surface area contributed by atoms with E-state index in [0.29, 0.717) is 5.11 Å². The van der Waals surface area contributed by atoms with Gasteiger partial charge in [0.15, 0.2) is 5.11 Å². The smallest absolute Gasteiger partial charge is 0.171 e. The maximum absolute atomic E-state index is 5.98. The van der Waals surface area contributed by atoms with Gasteiger partial charge < -0.3 is 10.6 Å². The Hall–Kier alpha value is -1.29. The van der Waals surface area contributed by atoms with Crippen molar-refractivity contribution in [3.05, 3.63) is 64.1 Å². The van der Waals surface area contributed by atoms with E-state index in [1.165, 1.54) is 18.4 Å². The summed E-state index contributed by atoms with van der Waals surface area (Å²) in [5.74, 6) is 0. The molecule has 0 heterocycles. The van der Waals surface area contributed by atoms with E-state index in [2.05, 4.69) is 22.8 Å². The number of aryl methyl sites for hydroxylation is 1. The number of hydrogen-bond acceptors (Lipinski definition) is 1. The Kier molecular flexibility index (Phi) is 6.21.